The maximum absolute atomic E-state index is 13.9. The number of likely N-dealkylation sites (N-methyl/N-ethyl adjacent to an activating group) is 2. The lowest BCUT2D eigenvalue weighted by atomic mass is 10.1. The van der Waals surface area contributed by atoms with Crippen molar-refractivity contribution in [3.05, 3.63) is 6.33 Å². The number of imidazole rings is 1. The number of urea groups is 1. The van der Waals surface area contributed by atoms with Crippen molar-refractivity contribution in [3.8, 4) is 5.88 Å². The first-order valence-corrected chi connectivity index (χ1v) is 16.7. The number of nitrogens with zero attached hydrogens (tertiary/aromatic N) is 6. The number of esters is 1. The predicted molar refractivity (Wildman–Crippen MR) is 159 cm³/mol. The van der Waals surface area contributed by atoms with Crippen molar-refractivity contribution >= 4 is 53.1 Å². The topological polar surface area (TPSA) is 234 Å². The number of carbonyl (C=O) groups excluding carboxylic acids is 3. The first-order chi connectivity index (χ1) is 20.5. The molecular formula is C24H39N8O10PS. The van der Waals surface area contributed by atoms with Gasteiger partial charge in [0.15, 0.2) is 17.4 Å². The molecule has 5 N–H and O–H groups in total. The number of methoxy groups -OCH3 is 1. The number of imide groups is 1. The molecule has 44 heavy (non-hydrogen) atoms. The van der Waals surface area contributed by atoms with Crippen molar-refractivity contribution in [2.24, 2.45) is 0 Å². The number of ether oxygens (including phenoxy) is 3. The summed E-state index contributed by atoms with van der Waals surface area (Å²) in [6.07, 6.45) is -0.406. The molecule has 3 heterocycles. The molecule has 0 spiro atoms. The van der Waals surface area contributed by atoms with Crippen LogP contribution in [-0.2, 0) is 28.2 Å². The fourth-order valence-corrected chi connectivity index (χ4v) is 8.10. The van der Waals surface area contributed by atoms with Gasteiger partial charge in [-0.25, -0.2) is 14.9 Å². The molecule has 1 aliphatic rings. The van der Waals surface area contributed by atoms with E-state index in [2.05, 4.69) is 20.0 Å². The minimum absolute atomic E-state index is 0.0883. The van der Waals surface area contributed by atoms with Gasteiger partial charge in [-0.15, -0.1) is 0 Å². The Balaban J connectivity index is 1.79. The number of aliphatic hydroxyl groups is 2. The fourth-order valence-electron chi connectivity index (χ4n) is 4.12. The molecule has 3 amide bonds. The number of hydrogen-bond acceptors (Lipinski definition) is 15. The zero-order valence-electron chi connectivity index (χ0n) is 25.5. The van der Waals surface area contributed by atoms with E-state index in [0.717, 1.165) is 16.3 Å². The Hall–Kier alpha value is -3.06. The fraction of sp³-hybridized carbons (Fsp3) is 0.667. The van der Waals surface area contributed by atoms with Gasteiger partial charge in [0.1, 0.15) is 17.7 Å². The Labute approximate surface area is 257 Å². The van der Waals surface area contributed by atoms with Crippen LogP contribution >= 0.6 is 18.1 Å². The molecule has 0 bridgehead atoms. The highest BCUT2D eigenvalue weighted by molar-refractivity contribution is 8.56. The first-order valence-electron chi connectivity index (χ1n) is 13.5. The van der Waals surface area contributed by atoms with E-state index < -0.39 is 61.3 Å². The molecule has 3 rings (SSSR count). The van der Waals surface area contributed by atoms with Crippen LogP contribution < -0.4 is 15.6 Å². The molecule has 0 radical (unpaired) electrons. The number of aromatic nitrogens is 4. The van der Waals surface area contributed by atoms with Crippen molar-refractivity contribution in [2.75, 3.05) is 52.5 Å². The summed E-state index contributed by atoms with van der Waals surface area (Å²) in [5.41, 5.74) is 4.31. The van der Waals surface area contributed by atoms with Crippen LogP contribution in [0.3, 0.4) is 0 Å². The molecule has 1 fully saturated rings. The molecule has 20 heteroatoms. The van der Waals surface area contributed by atoms with Gasteiger partial charge in [-0.3, -0.25) is 23.6 Å². The van der Waals surface area contributed by atoms with E-state index in [1.54, 1.807) is 13.8 Å². The summed E-state index contributed by atoms with van der Waals surface area (Å²) >= 11 is 0.740. The van der Waals surface area contributed by atoms with Gasteiger partial charge in [-0.05, 0) is 27.7 Å². The van der Waals surface area contributed by atoms with Gasteiger partial charge in [0, 0.05) is 19.8 Å². The predicted octanol–water partition coefficient (Wildman–Crippen LogP) is 0.356. The summed E-state index contributed by atoms with van der Waals surface area (Å²) in [6.45, 7) is 0.818. The number of amides is 3. The third kappa shape index (κ3) is 7.96. The standard InChI is InChI=1S/C24H39N8O10PS/c1-13(2)42-20(35)14(3)29-43(38,44-10-15-19(34)31(6)23(36)30(15)5)41-9-8-40-21(24(4,37)11-33)32-12-26-16-17(32)27-22(25)28-18(16)39-7/h12-15,21,33,37H,8-11H2,1-7H3,(H,29,38)(H2,25,27,28)/t14-,15?,21-,24-,43?/m1/s1. The number of hydrogen-bond donors (Lipinski definition) is 4. The van der Waals surface area contributed by atoms with Crippen molar-refractivity contribution in [2.45, 2.75) is 57.7 Å². The van der Waals surface area contributed by atoms with Crippen LogP contribution in [0, 0.1) is 0 Å². The van der Waals surface area contributed by atoms with E-state index in [1.807, 2.05) is 0 Å². The summed E-state index contributed by atoms with van der Waals surface area (Å²) in [6, 6.07) is -2.47. The van der Waals surface area contributed by atoms with Crippen LogP contribution in [0.15, 0.2) is 6.33 Å². The average Bonchev–Trinajstić information content (AvgIpc) is 3.45. The van der Waals surface area contributed by atoms with Crippen LogP contribution in [0.1, 0.15) is 33.9 Å². The highest BCUT2D eigenvalue weighted by Gasteiger charge is 2.43. The van der Waals surface area contributed by atoms with Gasteiger partial charge < -0.3 is 39.6 Å². The Morgan fingerprint density at radius 3 is 2.50 bits per heavy atom. The number of fused-ring (bicyclic) bond motifs is 1. The number of anilines is 1. The van der Waals surface area contributed by atoms with Gasteiger partial charge in [0.05, 0.1) is 39.4 Å². The van der Waals surface area contributed by atoms with E-state index >= 15 is 0 Å². The summed E-state index contributed by atoms with van der Waals surface area (Å²) in [4.78, 5) is 51.7. The number of nitrogens with one attached hydrogen (secondary N) is 1. The van der Waals surface area contributed by atoms with Crippen molar-refractivity contribution in [1.82, 2.24) is 34.4 Å². The zero-order chi connectivity index (χ0) is 33.0. The molecule has 0 aromatic carbocycles. The number of rotatable bonds is 16. The summed E-state index contributed by atoms with van der Waals surface area (Å²) in [5, 5.41) is 23.5. The number of aliphatic hydroxyl groups excluding tert-OH is 1. The number of nitrogen functional groups attached to an aromatic ring is 1. The van der Waals surface area contributed by atoms with E-state index in [0.29, 0.717) is 0 Å². The SMILES string of the molecule is COc1nc(N)nc2c1ncn2[C@H](OCCOP(=O)(N[C@H](C)C(=O)OC(C)C)SCC1C(=O)N(C)C(=O)N1C)[C@](C)(O)CO. The molecule has 2 aromatic heterocycles. The number of carbonyl (C=O) groups is 3. The van der Waals surface area contributed by atoms with E-state index in [4.69, 9.17) is 24.5 Å². The van der Waals surface area contributed by atoms with Gasteiger partial charge in [-0.2, -0.15) is 9.97 Å². The minimum atomic E-state index is -3.95. The third-order valence-electron chi connectivity index (χ3n) is 6.46. The Bertz CT molecular complexity index is 1410. The Morgan fingerprint density at radius 1 is 1.25 bits per heavy atom. The van der Waals surface area contributed by atoms with Crippen molar-refractivity contribution < 1.29 is 47.9 Å². The van der Waals surface area contributed by atoms with Crippen LogP contribution in [-0.4, -0.2) is 128 Å². The average molecular weight is 663 g/mol. The lowest BCUT2D eigenvalue weighted by molar-refractivity contribution is -0.158. The van der Waals surface area contributed by atoms with Crippen LogP contribution in [0.4, 0.5) is 10.7 Å². The van der Waals surface area contributed by atoms with Gasteiger partial charge in [0.25, 0.3) is 5.91 Å². The normalized spacial score (nSPS) is 19.7. The maximum atomic E-state index is 13.9. The molecule has 0 aliphatic carbocycles. The first kappa shape index (κ1) is 35.4. The van der Waals surface area contributed by atoms with Crippen LogP contribution in [0.2, 0.25) is 0 Å². The van der Waals surface area contributed by atoms with E-state index in [9.17, 15) is 29.2 Å². The Morgan fingerprint density at radius 2 is 1.93 bits per heavy atom. The highest BCUT2D eigenvalue weighted by Crippen LogP contribution is 2.57. The molecule has 18 nitrogen and oxygen atoms in total. The molecular weight excluding hydrogens is 623 g/mol. The molecule has 2 unspecified atom stereocenters. The molecule has 0 saturated carbocycles. The second-order valence-electron chi connectivity index (χ2n) is 10.4. The molecule has 246 valence electrons. The monoisotopic (exact) mass is 662 g/mol. The lowest BCUT2D eigenvalue weighted by Crippen LogP contribution is -2.42. The van der Waals surface area contributed by atoms with Crippen molar-refractivity contribution in [3.63, 3.8) is 0 Å². The maximum Gasteiger partial charge on any atom is 0.327 e. The van der Waals surface area contributed by atoms with Gasteiger partial charge >= 0.3 is 18.7 Å². The second-order valence-corrected chi connectivity index (χ2v) is 14.7. The lowest BCUT2D eigenvalue weighted by Gasteiger charge is -2.32. The summed E-state index contributed by atoms with van der Waals surface area (Å²) < 4.78 is 37.3. The zero-order valence-corrected chi connectivity index (χ0v) is 27.2. The highest BCUT2D eigenvalue weighted by atomic mass is 32.7. The quantitative estimate of drug-likeness (QED) is 0.0822. The van der Waals surface area contributed by atoms with Crippen molar-refractivity contribution in [1.29, 1.82) is 0 Å². The van der Waals surface area contributed by atoms with Gasteiger partial charge in [-0.1, -0.05) is 11.4 Å². The Kier molecular flexibility index (Phi) is 11.6. The van der Waals surface area contributed by atoms with Gasteiger partial charge in [0.2, 0.25) is 11.8 Å². The van der Waals surface area contributed by atoms with E-state index in [1.165, 1.54) is 50.8 Å². The number of nitrogens with two attached hydrogens (primary N) is 1. The molecule has 1 aliphatic heterocycles. The van der Waals surface area contributed by atoms with Crippen LogP contribution in [0.25, 0.3) is 11.2 Å². The third-order valence-corrected chi connectivity index (χ3v) is 10.6. The minimum Gasteiger partial charge on any atom is -0.479 e. The second kappa shape index (κ2) is 14.4. The summed E-state index contributed by atoms with van der Waals surface area (Å²) in [7, 11) is 4.17. The summed E-state index contributed by atoms with van der Waals surface area (Å²) in [5.74, 6) is -1.29. The molecule has 2 aromatic rings. The molecule has 5 atom stereocenters. The largest absolute Gasteiger partial charge is 0.479 e. The van der Waals surface area contributed by atoms with E-state index in [-0.39, 0.29) is 42.0 Å². The smallest absolute Gasteiger partial charge is 0.327 e. The van der Waals surface area contributed by atoms with Crippen LogP contribution in [0.5, 0.6) is 5.88 Å². The molecule has 1 saturated heterocycles.